The highest BCUT2D eigenvalue weighted by Crippen LogP contribution is 2.27. The summed E-state index contributed by atoms with van der Waals surface area (Å²) in [5, 5.41) is 0.854. The van der Waals surface area contributed by atoms with E-state index < -0.39 is 5.97 Å². The summed E-state index contributed by atoms with van der Waals surface area (Å²) >= 11 is 11.7. The van der Waals surface area contributed by atoms with Crippen molar-refractivity contribution < 1.29 is 14.3 Å². The van der Waals surface area contributed by atoms with Gasteiger partial charge in [-0.3, -0.25) is 0 Å². The van der Waals surface area contributed by atoms with E-state index in [0.29, 0.717) is 21.5 Å². The van der Waals surface area contributed by atoms with Gasteiger partial charge in [0.2, 0.25) is 0 Å². The largest absolute Gasteiger partial charge is 0.480 e. The first-order valence-electron chi connectivity index (χ1n) is 6.31. The Hall–Kier alpha value is -1.71. The highest BCUT2D eigenvalue weighted by molar-refractivity contribution is 6.35. The molecule has 0 aliphatic rings. The zero-order valence-electron chi connectivity index (χ0n) is 11.7. The third kappa shape index (κ3) is 4.38. The van der Waals surface area contributed by atoms with Gasteiger partial charge in [0, 0.05) is 5.02 Å². The summed E-state index contributed by atoms with van der Waals surface area (Å²) < 4.78 is 10.6. The molecule has 0 N–H and O–H groups in total. The van der Waals surface area contributed by atoms with Gasteiger partial charge in [0.1, 0.15) is 11.5 Å². The van der Waals surface area contributed by atoms with E-state index in [1.165, 1.54) is 0 Å². The van der Waals surface area contributed by atoms with Crippen molar-refractivity contribution in [1.29, 1.82) is 0 Å². The summed E-state index contributed by atoms with van der Waals surface area (Å²) in [5.74, 6) is 0.430. The van der Waals surface area contributed by atoms with Crippen molar-refractivity contribution in [2.45, 2.75) is 13.8 Å². The van der Waals surface area contributed by atoms with Gasteiger partial charge in [-0.2, -0.15) is 0 Å². The number of carbonyl (C=O) groups excluding carboxylic acids is 1. The predicted octanol–water partition coefficient (Wildman–Crippen LogP) is 4.59. The lowest BCUT2D eigenvalue weighted by Gasteiger charge is -2.10. The van der Waals surface area contributed by atoms with Crippen molar-refractivity contribution in [1.82, 2.24) is 0 Å². The predicted molar refractivity (Wildman–Crippen MR) is 83.5 cm³/mol. The van der Waals surface area contributed by atoms with Crippen LogP contribution in [0.25, 0.3) is 0 Å². The maximum Gasteiger partial charge on any atom is 0.349 e. The zero-order valence-corrected chi connectivity index (χ0v) is 13.2. The summed E-state index contributed by atoms with van der Waals surface area (Å²) in [4.78, 5) is 11.8. The van der Waals surface area contributed by atoms with Crippen LogP contribution < -0.4 is 9.47 Å². The lowest BCUT2D eigenvalue weighted by atomic mass is 10.1. The Balaban J connectivity index is 1.97. The van der Waals surface area contributed by atoms with Crippen LogP contribution in [0.4, 0.5) is 0 Å². The summed E-state index contributed by atoms with van der Waals surface area (Å²) in [5.41, 5.74) is 1.91. The number of esters is 1. The molecule has 2 aromatic rings. The van der Waals surface area contributed by atoms with E-state index in [1.54, 1.807) is 18.2 Å². The fourth-order valence-corrected chi connectivity index (χ4v) is 2.16. The quantitative estimate of drug-likeness (QED) is 0.609. The molecule has 2 rings (SSSR count). The average Bonchev–Trinajstić information content (AvgIpc) is 2.42. The summed E-state index contributed by atoms with van der Waals surface area (Å²) in [6.07, 6.45) is 0. The van der Waals surface area contributed by atoms with Crippen LogP contribution in [0.15, 0.2) is 36.4 Å². The van der Waals surface area contributed by atoms with Gasteiger partial charge in [0.25, 0.3) is 0 Å². The molecule has 0 aliphatic heterocycles. The van der Waals surface area contributed by atoms with E-state index >= 15 is 0 Å². The van der Waals surface area contributed by atoms with E-state index in [-0.39, 0.29) is 6.61 Å². The second kappa shape index (κ2) is 6.83. The first kappa shape index (κ1) is 15.7. The van der Waals surface area contributed by atoms with E-state index in [9.17, 15) is 4.79 Å². The number of halogens is 2. The second-order valence-electron chi connectivity index (χ2n) is 4.61. The normalized spacial score (nSPS) is 10.3. The maximum atomic E-state index is 11.8. The van der Waals surface area contributed by atoms with Gasteiger partial charge in [-0.25, -0.2) is 4.79 Å². The van der Waals surface area contributed by atoms with Crippen LogP contribution in [0.3, 0.4) is 0 Å². The SMILES string of the molecule is Cc1ccc(C)c(OC(=O)COc2ccc(Cl)cc2Cl)c1. The molecule has 2 aromatic carbocycles. The Labute approximate surface area is 133 Å². The Kier molecular flexibility index (Phi) is 5.10. The smallest absolute Gasteiger partial charge is 0.349 e. The molecule has 0 amide bonds. The topological polar surface area (TPSA) is 35.5 Å². The average molecular weight is 325 g/mol. The Morgan fingerprint density at radius 3 is 2.52 bits per heavy atom. The fourth-order valence-electron chi connectivity index (χ4n) is 1.70. The standard InChI is InChI=1S/C16H14Cl2O3/c1-10-3-4-11(2)15(7-10)21-16(19)9-20-14-6-5-12(17)8-13(14)18/h3-8H,9H2,1-2H3. The van der Waals surface area contributed by atoms with Crippen LogP contribution in [0.5, 0.6) is 11.5 Å². The molecule has 21 heavy (non-hydrogen) atoms. The van der Waals surface area contributed by atoms with Crippen molar-refractivity contribution in [3.8, 4) is 11.5 Å². The van der Waals surface area contributed by atoms with Crippen molar-refractivity contribution in [2.75, 3.05) is 6.61 Å². The van der Waals surface area contributed by atoms with Crippen molar-refractivity contribution in [3.05, 3.63) is 57.6 Å². The Bertz CT molecular complexity index is 669. The zero-order chi connectivity index (χ0) is 15.4. The summed E-state index contributed by atoms with van der Waals surface area (Å²) in [6, 6.07) is 10.5. The molecular weight excluding hydrogens is 311 g/mol. The molecule has 0 saturated carbocycles. The number of rotatable bonds is 4. The van der Waals surface area contributed by atoms with Crippen LogP contribution in [-0.4, -0.2) is 12.6 Å². The second-order valence-corrected chi connectivity index (χ2v) is 5.45. The first-order valence-corrected chi connectivity index (χ1v) is 7.07. The van der Waals surface area contributed by atoms with Gasteiger partial charge in [-0.05, 0) is 49.2 Å². The third-order valence-corrected chi connectivity index (χ3v) is 3.34. The lowest BCUT2D eigenvalue weighted by Crippen LogP contribution is -2.18. The molecule has 0 aromatic heterocycles. The van der Waals surface area contributed by atoms with Crippen LogP contribution in [0.1, 0.15) is 11.1 Å². The van der Waals surface area contributed by atoms with Gasteiger partial charge in [-0.15, -0.1) is 0 Å². The highest BCUT2D eigenvalue weighted by Gasteiger charge is 2.10. The van der Waals surface area contributed by atoms with Gasteiger partial charge >= 0.3 is 5.97 Å². The molecule has 110 valence electrons. The molecular formula is C16H14Cl2O3. The molecule has 0 bridgehead atoms. The van der Waals surface area contributed by atoms with E-state index in [1.807, 2.05) is 32.0 Å². The molecule has 0 atom stereocenters. The summed E-state index contributed by atoms with van der Waals surface area (Å²) in [7, 11) is 0. The van der Waals surface area contributed by atoms with Gasteiger partial charge in [0.05, 0.1) is 5.02 Å². The molecule has 0 saturated heterocycles. The molecule has 0 unspecified atom stereocenters. The van der Waals surface area contributed by atoms with Crippen LogP contribution in [0, 0.1) is 13.8 Å². The Morgan fingerprint density at radius 1 is 1.05 bits per heavy atom. The molecule has 0 aliphatic carbocycles. The minimum Gasteiger partial charge on any atom is -0.480 e. The first-order chi connectivity index (χ1) is 9.95. The number of aryl methyl sites for hydroxylation is 2. The van der Waals surface area contributed by atoms with Crippen molar-refractivity contribution >= 4 is 29.2 Å². The molecule has 3 nitrogen and oxygen atoms in total. The number of benzene rings is 2. The molecule has 0 fully saturated rings. The fraction of sp³-hybridized carbons (Fsp3) is 0.188. The van der Waals surface area contributed by atoms with E-state index in [0.717, 1.165) is 11.1 Å². The molecule has 0 spiro atoms. The van der Waals surface area contributed by atoms with Crippen LogP contribution >= 0.6 is 23.2 Å². The van der Waals surface area contributed by atoms with E-state index in [4.69, 9.17) is 32.7 Å². The Morgan fingerprint density at radius 2 is 1.81 bits per heavy atom. The number of hydrogen-bond acceptors (Lipinski definition) is 3. The van der Waals surface area contributed by atoms with E-state index in [2.05, 4.69) is 0 Å². The third-order valence-electron chi connectivity index (χ3n) is 2.81. The highest BCUT2D eigenvalue weighted by atomic mass is 35.5. The van der Waals surface area contributed by atoms with Crippen LogP contribution in [0.2, 0.25) is 10.0 Å². The molecule has 0 heterocycles. The van der Waals surface area contributed by atoms with Crippen molar-refractivity contribution in [2.24, 2.45) is 0 Å². The number of ether oxygens (including phenoxy) is 2. The number of hydrogen-bond donors (Lipinski definition) is 0. The molecule has 0 radical (unpaired) electrons. The van der Waals surface area contributed by atoms with Gasteiger partial charge in [-0.1, -0.05) is 35.3 Å². The monoisotopic (exact) mass is 324 g/mol. The van der Waals surface area contributed by atoms with Crippen LogP contribution in [-0.2, 0) is 4.79 Å². The minimum absolute atomic E-state index is 0.227. The molecule has 5 heteroatoms. The number of carbonyl (C=O) groups is 1. The van der Waals surface area contributed by atoms with Gasteiger partial charge < -0.3 is 9.47 Å². The lowest BCUT2D eigenvalue weighted by molar-refractivity contribution is -0.136. The minimum atomic E-state index is -0.491. The van der Waals surface area contributed by atoms with Gasteiger partial charge in [0.15, 0.2) is 6.61 Å². The maximum absolute atomic E-state index is 11.8. The summed E-state index contributed by atoms with van der Waals surface area (Å²) in [6.45, 7) is 3.58. The van der Waals surface area contributed by atoms with Crippen molar-refractivity contribution in [3.63, 3.8) is 0 Å².